The molecule has 0 unspecified atom stereocenters. The number of carbonyl (C=O) groups excluding carboxylic acids is 3. The second kappa shape index (κ2) is 11.1. The average Bonchev–Trinajstić information content (AvgIpc) is 2.72. The van der Waals surface area contributed by atoms with Gasteiger partial charge in [0, 0.05) is 10.7 Å². The van der Waals surface area contributed by atoms with Gasteiger partial charge in [-0.15, -0.1) is 0 Å². The van der Waals surface area contributed by atoms with Crippen molar-refractivity contribution in [2.24, 2.45) is 0 Å². The number of nitrogens with one attached hydrogen (secondary N) is 2. The molecule has 0 aliphatic heterocycles. The fraction of sp³-hybridized carbons (Fsp3) is 0.286. The van der Waals surface area contributed by atoms with E-state index in [2.05, 4.69) is 10.6 Å². The van der Waals surface area contributed by atoms with E-state index in [1.54, 1.807) is 31.2 Å². The maximum Gasteiger partial charge on any atom is 0.344 e. The van der Waals surface area contributed by atoms with Crippen LogP contribution in [0.15, 0.2) is 42.5 Å². The molecule has 0 heterocycles. The minimum Gasteiger partial charge on any atom is -0.482 e. The molecule has 0 aliphatic rings. The van der Waals surface area contributed by atoms with Gasteiger partial charge < -0.3 is 20.1 Å². The van der Waals surface area contributed by atoms with E-state index in [0.29, 0.717) is 16.5 Å². The quantitative estimate of drug-likeness (QED) is 0.611. The van der Waals surface area contributed by atoms with Crippen LogP contribution in [0.25, 0.3) is 0 Å². The van der Waals surface area contributed by atoms with Crippen LogP contribution in [0.2, 0.25) is 5.02 Å². The number of ether oxygens (including phenoxy) is 2. The number of carbonyl (C=O) groups is 3. The van der Waals surface area contributed by atoms with Crippen LogP contribution in [0.1, 0.15) is 18.1 Å². The summed E-state index contributed by atoms with van der Waals surface area (Å²) in [6, 6.07) is 12.5. The Morgan fingerprint density at radius 1 is 1.00 bits per heavy atom. The first-order chi connectivity index (χ1) is 13.9. The highest BCUT2D eigenvalue weighted by Crippen LogP contribution is 2.22. The van der Waals surface area contributed by atoms with Gasteiger partial charge in [0.25, 0.3) is 5.91 Å². The number of hydrogen-bond donors (Lipinski definition) is 2. The van der Waals surface area contributed by atoms with Gasteiger partial charge in [-0.05, 0) is 42.7 Å². The third-order valence-electron chi connectivity index (χ3n) is 4.05. The van der Waals surface area contributed by atoms with Crippen molar-refractivity contribution >= 4 is 35.1 Å². The van der Waals surface area contributed by atoms with Crippen molar-refractivity contribution in [3.8, 4) is 5.75 Å². The summed E-state index contributed by atoms with van der Waals surface area (Å²) in [5.74, 6) is -1.09. The van der Waals surface area contributed by atoms with Crippen LogP contribution >= 0.6 is 11.6 Å². The zero-order chi connectivity index (χ0) is 21.2. The minimum absolute atomic E-state index is 0.261. The molecule has 154 valence electrons. The highest BCUT2D eigenvalue weighted by atomic mass is 35.5. The first kappa shape index (κ1) is 22.2. The molecule has 0 aromatic heterocycles. The van der Waals surface area contributed by atoms with Gasteiger partial charge in [0.2, 0.25) is 5.91 Å². The zero-order valence-electron chi connectivity index (χ0n) is 16.3. The highest BCUT2D eigenvalue weighted by molar-refractivity contribution is 6.31. The van der Waals surface area contributed by atoms with E-state index in [0.717, 1.165) is 17.5 Å². The first-order valence-electron chi connectivity index (χ1n) is 9.08. The van der Waals surface area contributed by atoms with Crippen molar-refractivity contribution in [1.82, 2.24) is 5.32 Å². The Morgan fingerprint density at radius 3 is 2.52 bits per heavy atom. The summed E-state index contributed by atoms with van der Waals surface area (Å²) >= 11 is 6.00. The van der Waals surface area contributed by atoms with Gasteiger partial charge >= 0.3 is 5.97 Å². The normalized spacial score (nSPS) is 10.2. The maximum absolute atomic E-state index is 11.9. The standard InChI is InChI=1S/C21H23ClN2O5/c1-3-15-7-4-5-10-18(15)28-13-21(27)29-12-20(26)23-11-19(25)24-17-9-6-8-16(22)14(17)2/h4-10H,3,11-13H2,1-2H3,(H,23,26)(H,24,25). The Balaban J connectivity index is 1.69. The van der Waals surface area contributed by atoms with Gasteiger partial charge in [0.05, 0.1) is 6.54 Å². The highest BCUT2D eigenvalue weighted by Gasteiger charge is 2.12. The predicted octanol–water partition coefficient (Wildman–Crippen LogP) is 2.89. The summed E-state index contributed by atoms with van der Waals surface area (Å²) < 4.78 is 10.3. The van der Waals surface area contributed by atoms with Crippen molar-refractivity contribution in [2.45, 2.75) is 20.3 Å². The van der Waals surface area contributed by atoms with Crippen LogP contribution in [0, 0.1) is 6.92 Å². The molecule has 0 aliphatic carbocycles. The Kier molecular flexibility index (Phi) is 8.48. The van der Waals surface area contributed by atoms with Crippen LogP contribution < -0.4 is 15.4 Å². The molecule has 2 aromatic carbocycles. The molecule has 2 N–H and O–H groups in total. The van der Waals surface area contributed by atoms with E-state index in [9.17, 15) is 14.4 Å². The number of amides is 2. The molecule has 0 saturated carbocycles. The molecule has 29 heavy (non-hydrogen) atoms. The molecule has 2 aromatic rings. The second-order valence-electron chi connectivity index (χ2n) is 6.15. The Hall–Kier alpha value is -3.06. The van der Waals surface area contributed by atoms with Crippen LogP contribution in [0.4, 0.5) is 5.69 Å². The van der Waals surface area contributed by atoms with Crippen molar-refractivity contribution in [3.05, 3.63) is 58.6 Å². The SMILES string of the molecule is CCc1ccccc1OCC(=O)OCC(=O)NCC(=O)Nc1cccc(Cl)c1C. The molecule has 0 radical (unpaired) electrons. The van der Waals surface area contributed by atoms with E-state index in [1.807, 2.05) is 25.1 Å². The Bertz CT molecular complexity index is 885. The van der Waals surface area contributed by atoms with Gasteiger partial charge in [0.1, 0.15) is 5.75 Å². The Morgan fingerprint density at radius 2 is 1.76 bits per heavy atom. The van der Waals surface area contributed by atoms with Gasteiger partial charge in [-0.1, -0.05) is 42.8 Å². The summed E-state index contributed by atoms with van der Waals surface area (Å²) in [6.07, 6.45) is 0.768. The van der Waals surface area contributed by atoms with E-state index >= 15 is 0 Å². The van der Waals surface area contributed by atoms with Gasteiger partial charge in [0.15, 0.2) is 13.2 Å². The predicted molar refractivity (Wildman–Crippen MR) is 110 cm³/mol. The fourth-order valence-electron chi connectivity index (χ4n) is 2.43. The van der Waals surface area contributed by atoms with Crippen LogP contribution in [0.3, 0.4) is 0 Å². The van der Waals surface area contributed by atoms with E-state index in [1.165, 1.54) is 0 Å². The number of benzene rings is 2. The topological polar surface area (TPSA) is 93.7 Å². The molecule has 0 spiro atoms. The number of hydrogen-bond acceptors (Lipinski definition) is 5. The number of rotatable bonds is 9. The van der Waals surface area contributed by atoms with Gasteiger partial charge in [-0.25, -0.2) is 4.79 Å². The van der Waals surface area contributed by atoms with Crippen LogP contribution in [-0.4, -0.2) is 37.5 Å². The molecule has 2 amide bonds. The lowest BCUT2D eigenvalue weighted by atomic mass is 10.1. The number of para-hydroxylation sites is 1. The summed E-state index contributed by atoms with van der Waals surface area (Å²) in [4.78, 5) is 35.5. The fourth-order valence-corrected chi connectivity index (χ4v) is 2.60. The molecule has 0 fully saturated rings. The lowest BCUT2D eigenvalue weighted by molar-refractivity contribution is -0.150. The maximum atomic E-state index is 11.9. The summed E-state index contributed by atoms with van der Waals surface area (Å²) in [5.41, 5.74) is 2.26. The smallest absolute Gasteiger partial charge is 0.344 e. The molecule has 0 saturated heterocycles. The third kappa shape index (κ3) is 7.12. The number of aryl methyl sites for hydroxylation is 1. The minimum atomic E-state index is -0.676. The van der Waals surface area contributed by atoms with Crippen LogP contribution in [-0.2, 0) is 25.5 Å². The molecule has 0 bridgehead atoms. The van der Waals surface area contributed by atoms with Crippen molar-refractivity contribution in [3.63, 3.8) is 0 Å². The van der Waals surface area contributed by atoms with Gasteiger partial charge in [-0.3, -0.25) is 9.59 Å². The van der Waals surface area contributed by atoms with E-state index in [-0.39, 0.29) is 13.2 Å². The Labute approximate surface area is 174 Å². The van der Waals surface area contributed by atoms with Crippen molar-refractivity contribution < 1.29 is 23.9 Å². The zero-order valence-corrected chi connectivity index (χ0v) is 17.0. The first-order valence-corrected chi connectivity index (χ1v) is 9.46. The lowest BCUT2D eigenvalue weighted by Gasteiger charge is -2.11. The monoisotopic (exact) mass is 418 g/mol. The van der Waals surface area contributed by atoms with Crippen molar-refractivity contribution in [2.75, 3.05) is 25.1 Å². The number of esters is 1. The lowest BCUT2D eigenvalue weighted by Crippen LogP contribution is -2.36. The van der Waals surface area contributed by atoms with Crippen molar-refractivity contribution in [1.29, 1.82) is 0 Å². The molecule has 0 atom stereocenters. The molecule has 7 nitrogen and oxygen atoms in total. The second-order valence-corrected chi connectivity index (χ2v) is 6.56. The molecule has 2 rings (SSSR count). The van der Waals surface area contributed by atoms with E-state index in [4.69, 9.17) is 21.1 Å². The average molecular weight is 419 g/mol. The number of halogens is 1. The van der Waals surface area contributed by atoms with E-state index < -0.39 is 24.4 Å². The molecule has 8 heteroatoms. The molecular formula is C21H23ClN2O5. The molecular weight excluding hydrogens is 396 g/mol. The third-order valence-corrected chi connectivity index (χ3v) is 4.46. The summed E-state index contributed by atoms with van der Waals surface area (Å²) in [6.45, 7) is 2.69. The number of anilines is 1. The largest absolute Gasteiger partial charge is 0.482 e. The van der Waals surface area contributed by atoms with Gasteiger partial charge in [-0.2, -0.15) is 0 Å². The van der Waals surface area contributed by atoms with Crippen LogP contribution in [0.5, 0.6) is 5.75 Å². The summed E-state index contributed by atoms with van der Waals surface area (Å²) in [5, 5.41) is 5.57. The summed E-state index contributed by atoms with van der Waals surface area (Å²) in [7, 11) is 0.